The summed E-state index contributed by atoms with van der Waals surface area (Å²) in [6, 6.07) is 9.96. The zero-order chi connectivity index (χ0) is 22.8. The van der Waals surface area contributed by atoms with Crippen molar-refractivity contribution in [3.8, 4) is 17.2 Å². The van der Waals surface area contributed by atoms with Crippen LogP contribution in [0.5, 0.6) is 17.2 Å². The Morgan fingerprint density at radius 2 is 1.91 bits per heavy atom. The zero-order valence-corrected chi connectivity index (χ0v) is 18.9. The molecule has 4 rings (SSSR count). The van der Waals surface area contributed by atoms with Gasteiger partial charge in [-0.3, -0.25) is 9.79 Å². The summed E-state index contributed by atoms with van der Waals surface area (Å²) >= 11 is 0. The summed E-state index contributed by atoms with van der Waals surface area (Å²) in [5, 5.41) is 0.312. The van der Waals surface area contributed by atoms with Crippen molar-refractivity contribution in [2.45, 2.75) is 6.54 Å². The molecule has 2 heterocycles. The van der Waals surface area contributed by atoms with Crippen LogP contribution in [0.3, 0.4) is 0 Å². The van der Waals surface area contributed by atoms with Gasteiger partial charge in [0.25, 0.3) is 5.56 Å². The number of aromatic nitrogens is 2. The number of hydrogen-bond donors (Lipinski definition) is 1. The Morgan fingerprint density at radius 3 is 2.56 bits per heavy atom. The van der Waals surface area contributed by atoms with Crippen LogP contribution in [0.15, 0.2) is 40.1 Å². The number of fused-ring (bicyclic) bond motifs is 1. The fourth-order valence-corrected chi connectivity index (χ4v) is 3.95. The van der Waals surface area contributed by atoms with E-state index in [0.29, 0.717) is 40.6 Å². The van der Waals surface area contributed by atoms with Gasteiger partial charge >= 0.3 is 0 Å². The van der Waals surface area contributed by atoms with Gasteiger partial charge in [-0.25, -0.2) is 0 Å². The minimum absolute atomic E-state index is 0.291. The van der Waals surface area contributed by atoms with Crippen LogP contribution in [0, 0.1) is 0 Å². The molecule has 3 aromatic rings. The van der Waals surface area contributed by atoms with Crippen molar-refractivity contribution >= 4 is 22.7 Å². The van der Waals surface area contributed by atoms with E-state index in [1.165, 1.54) is 21.3 Å². The number of H-pyrrole nitrogens is 1. The van der Waals surface area contributed by atoms with Crippen LogP contribution in [0.25, 0.3) is 10.9 Å². The van der Waals surface area contributed by atoms with Gasteiger partial charge in [-0.05, 0) is 11.6 Å². The van der Waals surface area contributed by atoms with Gasteiger partial charge in [-0.2, -0.15) is 4.98 Å². The Kier molecular flexibility index (Phi) is 5.89. The molecular formula is C23H27N5O4. The molecular weight excluding hydrogens is 410 g/mol. The topological polar surface area (TPSA) is 92.3 Å². The quantitative estimate of drug-likeness (QED) is 0.606. The monoisotopic (exact) mass is 437 g/mol. The number of methoxy groups -OCH3 is 3. The standard InChI is InChI=1S/C23H27N5O4/c1-27-10-9-24-21(27)15-8-6-7-14(11-15)13-28(2)23-25-16-12-17(30-3)19(31-4)20(32-5)18(16)22(29)26-23/h6-8,11-12H,9-10,13H2,1-5H3,(H,25,26,29). The van der Waals surface area contributed by atoms with Crippen molar-refractivity contribution in [3.05, 3.63) is 51.8 Å². The van der Waals surface area contributed by atoms with Gasteiger partial charge in [0.15, 0.2) is 11.5 Å². The number of aromatic amines is 1. The van der Waals surface area contributed by atoms with Gasteiger partial charge < -0.3 is 29.0 Å². The molecule has 1 aromatic heterocycles. The Bertz CT molecular complexity index is 1240. The molecule has 1 aliphatic heterocycles. The van der Waals surface area contributed by atoms with Crippen molar-refractivity contribution in [2.24, 2.45) is 4.99 Å². The largest absolute Gasteiger partial charge is 0.493 e. The molecule has 0 fully saturated rings. The van der Waals surface area contributed by atoms with Crippen LogP contribution in [0.1, 0.15) is 11.1 Å². The van der Waals surface area contributed by atoms with Gasteiger partial charge in [0, 0.05) is 38.8 Å². The first-order valence-electron chi connectivity index (χ1n) is 10.3. The number of nitrogens with zero attached hydrogens (tertiary/aromatic N) is 4. The second-order valence-electron chi connectivity index (χ2n) is 7.62. The lowest BCUT2D eigenvalue weighted by atomic mass is 10.1. The smallest absolute Gasteiger partial charge is 0.286 e. The Morgan fingerprint density at radius 1 is 1.12 bits per heavy atom. The van der Waals surface area contributed by atoms with Crippen molar-refractivity contribution in [1.29, 1.82) is 0 Å². The number of likely N-dealkylation sites (N-methyl/N-ethyl adjacent to an activating group) is 1. The highest BCUT2D eigenvalue weighted by Gasteiger charge is 2.21. The van der Waals surface area contributed by atoms with E-state index >= 15 is 0 Å². The van der Waals surface area contributed by atoms with Crippen molar-refractivity contribution in [1.82, 2.24) is 14.9 Å². The summed E-state index contributed by atoms with van der Waals surface area (Å²) < 4.78 is 16.2. The van der Waals surface area contributed by atoms with Crippen LogP contribution in [-0.2, 0) is 6.54 Å². The molecule has 0 saturated carbocycles. The first kappa shape index (κ1) is 21.5. The molecule has 0 atom stereocenters. The lowest BCUT2D eigenvalue weighted by Gasteiger charge is -2.20. The first-order valence-corrected chi connectivity index (χ1v) is 10.3. The first-order chi connectivity index (χ1) is 15.5. The predicted octanol–water partition coefficient (Wildman–Crippen LogP) is 2.28. The minimum Gasteiger partial charge on any atom is -0.493 e. The van der Waals surface area contributed by atoms with Gasteiger partial charge in [-0.15, -0.1) is 0 Å². The van der Waals surface area contributed by atoms with E-state index in [2.05, 4.69) is 32.0 Å². The number of amidine groups is 1. The summed E-state index contributed by atoms with van der Waals surface area (Å²) in [5.74, 6) is 2.55. The minimum atomic E-state index is -0.408. The van der Waals surface area contributed by atoms with Crippen LogP contribution in [0.4, 0.5) is 5.95 Å². The average Bonchev–Trinajstić information content (AvgIpc) is 3.23. The van der Waals surface area contributed by atoms with Crippen LogP contribution < -0.4 is 24.7 Å². The second-order valence-corrected chi connectivity index (χ2v) is 7.62. The summed E-state index contributed by atoms with van der Waals surface area (Å²) in [6.07, 6.45) is 0. The number of nitrogens with one attached hydrogen (secondary N) is 1. The number of aliphatic imine (C=N–C) groups is 1. The molecule has 0 saturated heterocycles. The van der Waals surface area contributed by atoms with Crippen LogP contribution >= 0.6 is 0 Å². The number of benzene rings is 2. The number of hydrogen-bond acceptors (Lipinski definition) is 8. The average molecular weight is 438 g/mol. The van der Waals surface area contributed by atoms with Crippen molar-refractivity contribution < 1.29 is 14.2 Å². The maximum absolute atomic E-state index is 12.9. The molecule has 1 aliphatic rings. The van der Waals surface area contributed by atoms with Crippen LogP contribution in [-0.4, -0.2) is 69.2 Å². The Labute approximate surface area is 186 Å². The molecule has 2 aromatic carbocycles. The molecule has 0 radical (unpaired) electrons. The third kappa shape index (κ3) is 3.81. The number of anilines is 1. The molecule has 9 heteroatoms. The second kappa shape index (κ2) is 8.78. The molecule has 9 nitrogen and oxygen atoms in total. The van der Waals surface area contributed by atoms with Crippen molar-refractivity contribution in [2.75, 3.05) is 53.4 Å². The molecule has 0 bridgehead atoms. The summed E-state index contributed by atoms with van der Waals surface area (Å²) in [6.45, 7) is 2.30. The SMILES string of the molecule is COc1cc2[nH]c(N(C)Cc3cccc(C4=NCCN4C)c3)nc(=O)c2c(OC)c1OC. The van der Waals surface area contributed by atoms with E-state index in [0.717, 1.165) is 30.1 Å². The van der Waals surface area contributed by atoms with Gasteiger partial charge in [-0.1, -0.05) is 18.2 Å². The highest BCUT2D eigenvalue weighted by Crippen LogP contribution is 2.41. The number of ether oxygens (including phenoxy) is 3. The van der Waals surface area contributed by atoms with E-state index in [1.54, 1.807) is 6.07 Å². The Balaban J connectivity index is 1.69. The third-order valence-electron chi connectivity index (χ3n) is 5.52. The maximum atomic E-state index is 12.9. The summed E-state index contributed by atoms with van der Waals surface area (Å²) in [7, 11) is 8.45. The fraction of sp³-hybridized carbons (Fsp3) is 0.348. The molecule has 0 unspecified atom stereocenters. The van der Waals surface area contributed by atoms with Gasteiger partial charge in [0.1, 0.15) is 11.2 Å². The van der Waals surface area contributed by atoms with E-state index in [4.69, 9.17) is 14.2 Å². The summed E-state index contributed by atoms with van der Waals surface area (Å²) in [5.41, 5.74) is 2.31. The van der Waals surface area contributed by atoms with Crippen LogP contribution in [0.2, 0.25) is 0 Å². The molecule has 168 valence electrons. The maximum Gasteiger partial charge on any atom is 0.286 e. The lowest BCUT2D eigenvalue weighted by molar-refractivity contribution is 0.327. The number of rotatable bonds is 7. The Hall–Kier alpha value is -3.75. The van der Waals surface area contributed by atoms with E-state index in [-0.39, 0.29) is 0 Å². The third-order valence-corrected chi connectivity index (χ3v) is 5.52. The zero-order valence-electron chi connectivity index (χ0n) is 18.9. The highest BCUT2D eigenvalue weighted by atomic mass is 16.5. The predicted molar refractivity (Wildman–Crippen MR) is 125 cm³/mol. The molecule has 32 heavy (non-hydrogen) atoms. The molecule has 0 amide bonds. The highest BCUT2D eigenvalue weighted by molar-refractivity contribution is 5.99. The van der Waals surface area contributed by atoms with Crippen molar-refractivity contribution in [3.63, 3.8) is 0 Å². The van der Waals surface area contributed by atoms with Gasteiger partial charge in [0.2, 0.25) is 11.7 Å². The van der Waals surface area contributed by atoms with E-state index in [1.807, 2.05) is 31.1 Å². The lowest BCUT2D eigenvalue weighted by Crippen LogP contribution is -2.25. The molecule has 1 N–H and O–H groups in total. The summed E-state index contributed by atoms with van der Waals surface area (Å²) in [4.78, 5) is 29.0. The molecule has 0 spiro atoms. The van der Waals surface area contributed by atoms with E-state index < -0.39 is 5.56 Å². The normalized spacial score (nSPS) is 13.3. The fourth-order valence-electron chi connectivity index (χ4n) is 3.95. The van der Waals surface area contributed by atoms with Gasteiger partial charge in [0.05, 0.1) is 33.4 Å². The molecule has 0 aliphatic carbocycles. The van der Waals surface area contributed by atoms with E-state index in [9.17, 15) is 4.79 Å².